The predicted octanol–water partition coefficient (Wildman–Crippen LogP) is 1.14. The third-order valence-corrected chi connectivity index (χ3v) is 5.43. The number of rotatable bonds is 5. The Kier molecular flexibility index (Phi) is 3.91. The van der Waals surface area contributed by atoms with Crippen LogP contribution in [0.4, 0.5) is 0 Å². The molecule has 1 unspecified atom stereocenters. The molecule has 104 valence electrons. The molecule has 0 aliphatic carbocycles. The molecule has 1 saturated heterocycles. The third kappa shape index (κ3) is 3.13. The van der Waals surface area contributed by atoms with Gasteiger partial charge in [-0.3, -0.25) is 4.79 Å². The highest BCUT2D eigenvalue weighted by molar-refractivity contribution is 7.89. The normalized spacial score (nSPS) is 18.8. The predicted molar refractivity (Wildman–Crippen MR) is 71.3 cm³/mol. The molecule has 1 aliphatic rings. The van der Waals surface area contributed by atoms with Gasteiger partial charge >= 0.3 is 5.97 Å². The maximum atomic E-state index is 12.1. The fraction of sp³-hybridized carbons (Fsp3) is 0.462. The van der Waals surface area contributed by atoms with Crippen LogP contribution in [0.1, 0.15) is 18.4 Å². The minimum atomic E-state index is -3.37. The number of benzene rings is 1. The van der Waals surface area contributed by atoms with Gasteiger partial charge in [0.2, 0.25) is 10.0 Å². The largest absolute Gasteiger partial charge is 0.481 e. The monoisotopic (exact) mass is 283 g/mol. The molecule has 19 heavy (non-hydrogen) atoms. The lowest BCUT2D eigenvalue weighted by atomic mass is 10.0. The van der Waals surface area contributed by atoms with E-state index in [4.69, 9.17) is 5.11 Å². The van der Waals surface area contributed by atoms with Crippen LogP contribution in [0.15, 0.2) is 30.3 Å². The summed E-state index contributed by atoms with van der Waals surface area (Å²) in [5, 5.41) is 8.76. The van der Waals surface area contributed by atoms with Gasteiger partial charge in [-0.2, -0.15) is 0 Å². The van der Waals surface area contributed by atoms with Crippen LogP contribution in [0.25, 0.3) is 0 Å². The standard InChI is InChI=1S/C13H17NO4S/c1-10(11-5-3-2-4-6-11)9-19(17,18)14-7-12(8-14)13(15)16/h2-6,10,12H,7-9H2,1H3,(H,15,16). The molecule has 0 bridgehead atoms. The van der Waals surface area contributed by atoms with Gasteiger partial charge in [0.15, 0.2) is 0 Å². The van der Waals surface area contributed by atoms with Gasteiger partial charge in [0, 0.05) is 13.1 Å². The summed E-state index contributed by atoms with van der Waals surface area (Å²) < 4.78 is 25.5. The van der Waals surface area contributed by atoms with Crippen LogP contribution in [0.5, 0.6) is 0 Å². The van der Waals surface area contributed by atoms with E-state index in [0.29, 0.717) is 0 Å². The van der Waals surface area contributed by atoms with Crippen molar-refractivity contribution in [2.45, 2.75) is 12.8 Å². The van der Waals surface area contributed by atoms with Crippen LogP contribution in [0, 0.1) is 5.92 Å². The van der Waals surface area contributed by atoms with Crippen molar-refractivity contribution < 1.29 is 18.3 Å². The van der Waals surface area contributed by atoms with E-state index >= 15 is 0 Å². The fourth-order valence-electron chi connectivity index (χ4n) is 2.12. The third-order valence-electron chi connectivity index (χ3n) is 3.42. The number of nitrogens with zero attached hydrogens (tertiary/aromatic N) is 1. The van der Waals surface area contributed by atoms with E-state index in [-0.39, 0.29) is 24.8 Å². The Morgan fingerprint density at radius 1 is 1.37 bits per heavy atom. The topological polar surface area (TPSA) is 74.7 Å². The lowest BCUT2D eigenvalue weighted by Crippen LogP contribution is -2.53. The van der Waals surface area contributed by atoms with Crippen molar-refractivity contribution in [2.24, 2.45) is 5.92 Å². The highest BCUT2D eigenvalue weighted by Gasteiger charge is 2.40. The summed E-state index contributed by atoms with van der Waals surface area (Å²) >= 11 is 0. The summed E-state index contributed by atoms with van der Waals surface area (Å²) in [5.74, 6) is -1.57. The van der Waals surface area contributed by atoms with Crippen molar-refractivity contribution in [1.82, 2.24) is 4.31 Å². The number of carbonyl (C=O) groups is 1. The van der Waals surface area contributed by atoms with Crippen molar-refractivity contribution in [3.8, 4) is 0 Å². The highest BCUT2D eigenvalue weighted by atomic mass is 32.2. The number of sulfonamides is 1. The van der Waals surface area contributed by atoms with Crippen molar-refractivity contribution in [3.05, 3.63) is 35.9 Å². The maximum Gasteiger partial charge on any atom is 0.309 e. The Balaban J connectivity index is 1.97. The molecule has 5 nitrogen and oxygen atoms in total. The molecule has 1 N–H and O–H groups in total. The zero-order valence-corrected chi connectivity index (χ0v) is 11.5. The maximum absolute atomic E-state index is 12.1. The van der Waals surface area contributed by atoms with Gasteiger partial charge in [-0.15, -0.1) is 0 Å². The summed E-state index contributed by atoms with van der Waals surface area (Å²) in [5.41, 5.74) is 0.974. The lowest BCUT2D eigenvalue weighted by Gasteiger charge is -2.36. The van der Waals surface area contributed by atoms with E-state index in [0.717, 1.165) is 5.56 Å². The second-order valence-corrected chi connectivity index (χ2v) is 6.96. The smallest absolute Gasteiger partial charge is 0.309 e. The molecular weight excluding hydrogens is 266 g/mol. The van der Waals surface area contributed by atoms with Crippen LogP contribution < -0.4 is 0 Å². The van der Waals surface area contributed by atoms with Crippen molar-refractivity contribution in [2.75, 3.05) is 18.8 Å². The molecule has 1 fully saturated rings. The number of hydrogen-bond donors (Lipinski definition) is 1. The van der Waals surface area contributed by atoms with Gasteiger partial charge in [0.25, 0.3) is 0 Å². The van der Waals surface area contributed by atoms with E-state index in [1.165, 1.54) is 4.31 Å². The minimum absolute atomic E-state index is 0.0172. The second kappa shape index (κ2) is 5.30. The summed E-state index contributed by atoms with van der Waals surface area (Å²) in [7, 11) is -3.37. The van der Waals surface area contributed by atoms with Gasteiger partial charge in [-0.25, -0.2) is 12.7 Å². The lowest BCUT2D eigenvalue weighted by molar-refractivity contribution is -0.145. The van der Waals surface area contributed by atoms with Gasteiger partial charge in [0.05, 0.1) is 11.7 Å². The van der Waals surface area contributed by atoms with E-state index in [2.05, 4.69) is 0 Å². The number of hydrogen-bond acceptors (Lipinski definition) is 3. The first kappa shape index (κ1) is 14.0. The Bertz CT molecular complexity index is 549. The molecule has 1 atom stereocenters. The Hall–Kier alpha value is -1.40. The average molecular weight is 283 g/mol. The van der Waals surface area contributed by atoms with Gasteiger partial charge in [-0.1, -0.05) is 37.3 Å². The SMILES string of the molecule is CC(CS(=O)(=O)N1CC(C(=O)O)C1)c1ccccc1. The van der Waals surface area contributed by atoms with E-state index < -0.39 is 21.9 Å². The first-order chi connectivity index (χ1) is 8.90. The summed E-state index contributed by atoms with van der Waals surface area (Å²) in [4.78, 5) is 10.7. The molecule has 1 aromatic rings. The molecule has 0 radical (unpaired) electrons. The molecule has 6 heteroatoms. The minimum Gasteiger partial charge on any atom is -0.481 e. The molecule has 0 amide bonds. The average Bonchev–Trinajstić information content (AvgIpc) is 2.26. The van der Waals surface area contributed by atoms with Crippen molar-refractivity contribution >= 4 is 16.0 Å². The molecule has 0 spiro atoms. The Morgan fingerprint density at radius 2 is 1.95 bits per heavy atom. The summed E-state index contributed by atoms with van der Waals surface area (Å²) in [6.07, 6.45) is 0. The van der Waals surface area contributed by atoms with Crippen molar-refractivity contribution in [3.63, 3.8) is 0 Å². The highest BCUT2D eigenvalue weighted by Crippen LogP contribution is 2.24. The van der Waals surface area contributed by atoms with Crippen LogP contribution >= 0.6 is 0 Å². The zero-order valence-electron chi connectivity index (χ0n) is 10.7. The fourth-order valence-corrected chi connectivity index (χ4v) is 3.97. The molecule has 1 aromatic carbocycles. The molecule has 0 saturated carbocycles. The van der Waals surface area contributed by atoms with Crippen LogP contribution in [0.2, 0.25) is 0 Å². The summed E-state index contributed by atoms with van der Waals surface area (Å²) in [6.45, 7) is 2.06. The Morgan fingerprint density at radius 3 is 2.47 bits per heavy atom. The van der Waals surface area contributed by atoms with Gasteiger partial charge in [0.1, 0.15) is 0 Å². The van der Waals surface area contributed by atoms with Crippen LogP contribution in [-0.2, 0) is 14.8 Å². The molecule has 0 aromatic heterocycles. The Labute approximate surface area is 112 Å². The number of aliphatic carboxylic acids is 1. The first-order valence-corrected chi connectivity index (χ1v) is 7.76. The molecule has 1 aliphatic heterocycles. The zero-order chi connectivity index (χ0) is 14.0. The van der Waals surface area contributed by atoms with Crippen molar-refractivity contribution in [1.29, 1.82) is 0 Å². The summed E-state index contributed by atoms with van der Waals surface area (Å²) in [6, 6.07) is 9.44. The number of carboxylic acids is 1. The van der Waals surface area contributed by atoms with Gasteiger partial charge in [-0.05, 0) is 11.5 Å². The molecular formula is C13H17NO4S. The van der Waals surface area contributed by atoms with Crippen LogP contribution in [0.3, 0.4) is 0 Å². The quantitative estimate of drug-likeness (QED) is 0.879. The molecule has 1 heterocycles. The second-order valence-electron chi connectivity index (χ2n) is 4.94. The molecule has 2 rings (SSSR count). The van der Waals surface area contributed by atoms with E-state index in [9.17, 15) is 13.2 Å². The number of carboxylic acid groups (broad SMARTS) is 1. The first-order valence-electron chi connectivity index (χ1n) is 6.15. The van der Waals surface area contributed by atoms with E-state index in [1.807, 2.05) is 37.3 Å². The van der Waals surface area contributed by atoms with Crippen LogP contribution in [-0.4, -0.2) is 42.6 Å². The van der Waals surface area contributed by atoms with Gasteiger partial charge < -0.3 is 5.11 Å². The van der Waals surface area contributed by atoms with E-state index in [1.54, 1.807) is 0 Å².